The second-order valence-corrected chi connectivity index (χ2v) is 2.38. The summed E-state index contributed by atoms with van der Waals surface area (Å²) in [4.78, 5) is 7.52. The Hall–Kier alpha value is -1.46. The number of aryl methyl sites for hydroxylation is 1. The van der Waals surface area contributed by atoms with Crippen molar-refractivity contribution in [1.82, 2.24) is 9.97 Å². The molecule has 0 unspecified atom stereocenters. The van der Waals surface area contributed by atoms with E-state index in [0.717, 1.165) is 0 Å². The first-order valence-electron chi connectivity index (χ1n) is 3.60. The maximum atomic E-state index is 11.7. The van der Waals surface area contributed by atoms with Gasteiger partial charge in [0.2, 0.25) is 5.88 Å². The molecule has 2 N–H and O–H groups in total. The third-order valence-electron chi connectivity index (χ3n) is 1.19. The van der Waals surface area contributed by atoms with Gasteiger partial charge in [-0.3, -0.25) is 0 Å². The van der Waals surface area contributed by atoms with Crippen molar-refractivity contribution in [1.29, 1.82) is 0 Å². The van der Waals surface area contributed by atoms with Gasteiger partial charge >= 0.3 is 0 Å². The number of hydrogen-bond acceptors (Lipinski definition) is 4. The van der Waals surface area contributed by atoms with E-state index in [0.29, 0.717) is 5.82 Å². The molecule has 13 heavy (non-hydrogen) atoms. The summed E-state index contributed by atoms with van der Waals surface area (Å²) in [6, 6.07) is 1.30. The monoisotopic (exact) mass is 189 g/mol. The summed E-state index contributed by atoms with van der Waals surface area (Å²) >= 11 is 0. The molecule has 6 heteroatoms. The number of ether oxygens (including phenoxy) is 1. The van der Waals surface area contributed by atoms with Crippen molar-refractivity contribution in [2.45, 2.75) is 13.3 Å². The molecule has 1 rings (SSSR count). The topological polar surface area (TPSA) is 61.0 Å². The van der Waals surface area contributed by atoms with E-state index in [-0.39, 0.29) is 11.7 Å². The van der Waals surface area contributed by atoms with Crippen molar-refractivity contribution in [2.24, 2.45) is 0 Å². The predicted octanol–water partition coefficient (Wildman–Crippen LogP) is 1.01. The SMILES string of the molecule is Cc1nc(N)cc(OCC(F)F)n1. The van der Waals surface area contributed by atoms with E-state index in [9.17, 15) is 8.78 Å². The fourth-order valence-corrected chi connectivity index (χ4v) is 0.785. The van der Waals surface area contributed by atoms with Gasteiger partial charge in [0.1, 0.15) is 11.6 Å². The van der Waals surface area contributed by atoms with Gasteiger partial charge in [-0.15, -0.1) is 0 Å². The number of nitrogen functional groups attached to an aromatic ring is 1. The highest BCUT2D eigenvalue weighted by atomic mass is 19.3. The van der Waals surface area contributed by atoms with Gasteiger partial charge in [-0.2, -0.15) is 4.98 Å². The molecule has 0 bridgehead atoms. The van der Waals surface area contributed by atoms with Gasteiger partial charge in [-0.1, -0.05) is 0 Å². The maximum absolute atomic E-state index is 11.7. The molecule has 4 nitrogen and oxygen atoms in total. The summed E-state index contributed by atoms with van der Waals surface area (Å²) in [7, 11) is 0. The van der Waals surface area contributed by atoms with Gasteiger partial charge < -0.3 is 10.5 Å². The summed E-state index contributed by atoms with van der Waals surface area (Å²) in [5.74, 6) is 0.673. The zero-order valence-corrected chi connectivity index (χ0v) is 7.00. The number of rotatable bonds is 3. The van der Waals surface area contributed by atoms with Crippen LogP contribution in [0, 0.1) is 6.92 Å². The highest BCUT2D eigenvalue weighted by Crippen LogP contribution is 2.10. The zero-order chi connectivity index (χ0) is 9.84. The molecule has 0 aromatic carbocycles. The Morgan fingerprint density at radius 2 is 2.23 bits per heavy atom. The molecule has 0 amide bonds. The lowest BCUT2D eigenvalue weighted by Gasteiger charge is -2.04. The number of hydrogen-bond donors (Lipinski definition) is 1. The number of nitrogens with two attached hydrogens (primary N) is 1. The first-order chi connectivity index (χ1) is 6.08. The van der Waals surface area contributed by atoms with E-state index in [1.807, 2.05) is 0 Å². The van der Waals surface area contributed by atoms with E-state index in [4.69, 9.17) is 5.73 Å². The van der Waals surface area contributed by atoms with Crippen molar-refractivity contribution in [3.8, 4) is 5.88 Å². The van der Waals surface area contributed by atoms with Crippen LogP contribution in [-0.2, 0) is 0 Å². The Kier molecular flexibility index (Phi) is 2.94. The first kappa shape index (κ1) is 9.63. The van der Waals surface area contributed by atoms with Crippen LogP contribution in [0.15, 0.2) is 6.07 Å². The second-order valence-electron chi connectivity index (χ2n) is 2.38. The van der Waals surface area contributed by atoms with Crippen LogP contribution < -0.4 is 10.5 Å². The first-order valence-corrected chi connectivity index (χ1v) is 3.60. The van der Waals surface area contributed by atoms with E-state index in [1.165, 1.54) is 6.07 Å². The van der Waals surface area contributed by atoms with Crippen LogP contribution in [0.2, 0.25) is 0 Å². The van der Waals surface area contributed by atoms with Crippen molar-refractivity contribution in [2.75, 3.05) is 12.3 Å². The normalized spacial score (nSPS) is 10.5. The minimum absolute atomic E-state index is 0.0744. The second kappa shape index (κ2) is 3.97. The Morgan fingerprint density at radius 3 is 2.77 bits per heavy atom. The number of halogens is 2. The summed E-state index contributed by atoms with van der Waals surface area (Å²) in [6.07, 6.45) is -2.52. The molecular formula is C7H9F2N3O. The zero-order valence-electron chi connectivity index (χ0n) is 7.00. The molecule has 0 saturated heterocycles. The fourth-order valence-electron chi connectivity index (χ4n) is 0.785. The lowest BCUT2D eigenvalue weighted by Crippen LogP contribution is -2.09. The van der Waals surface area contributed by atoms with Gasteiger partial charge in [-0.25, -0.2) is 13.8 Å². The largest absolute Gasteiger partial charge is 0.471 e. The van der Waals surface area contributed by atoms with Crippen molar-refractivity contribution >= 4 is 5.82 Å². The molecule has 0 aliphatic rings. The molecule has 0 atom stereocenters. The third-order valence-corrected chi connectivity index (χ3v) is 1.19. The van der Waals surface area contributed by atoms with Crippen molar-refractivity contribution < 1.29 is 13.5 Å². The molecule has 0 aliphatic heterocycles. The van der Waals surface area contributed by atoms with Gasteiger partial charge in [0.25, 0.3) is 6.43 Å². The van der Waals surface area contributed by atoms with E-state index in [1.54, 1.807) is 6.92 Å². The molecule has 0 radical (unpaired) electrons. The van der Waals surface area contributed by atoms with E-state index >= 15 is 0 Å². The molecule has 1 heterocycles. The lowest BCUT2D eigenvalue weighted by molar-refractivity contribution is 0.0794. The Balaban J connectivity index is 2.66. The highest BCUT2D eigenvalue weighted by Gasteiger charge is 2.05. The number of aromatic nitrogens is 2. The molecule has 0 spiro atoms. The molecule has 1 aromatic rings. The van der Waals surface area contributed by atoms with Crippen LogP contribution in [0.3, 0.4) is 0 Å². The summed E-state index contributed by atoms with van der Waals surface area (Å²) < 4.78 is 28.1. The average Bonchev–Trinajstić information content (AvgIpc) is 1.99. The van der Waals surface area contributed by atoms with Crippen LogP contribution in [-0.4, -0.2) is 23.0 Å². The average molecular weight is 189 g/mol. The van der Waals surface area contributed by atoms with Crippen LogP contribution in [0.1, 0.15) is 5.82 Å². The smallest absolute Gasteiger partial charge is 0.272 e. The van der Waals surface area contributed by atoms with Crippen LogP contribution >= 0.6 is 0 Å². The standard InChI is InChI=1S/C7H9F2N3O/c1-4-11-6(10)2-7(12-4)13-3-5(8)9/h2,5H,3H2,1H3,(H2,10,11,12). The lowest BCUT2D eigenvalue weighted by atomic mass is 10.5. The summed E-state index contributed by atoms with van der Waals surface area (Å²) in [6.45, 7) is 0.918. The van der Waals surface area contributed by atoms with Crippen LogP contribution in [0.25, 0.3) is 0 Å². The predicted molar refractivity (Wildman–Crippen MR) is 42.7 cm³/mol. The molecule has 0 saturated carbocycles. The minimum Gasteiger partial charge on any atom is -0.471 e. The number of alkyl halides is 2. The quantitative estimate of drug-likeness (QED) is 0.770. The summed E-state index contributed by atoms with van der Waals surface area (Å²) in [5, 5.41) is 0. The molecule has 1 aromatic heterocycles. The number of anilines is 1. The minimum atomic E-state index is -2.52. The van der Waals surface area contributed by atoms with Crippen LogP contribution in [0.5, 0.6) is 5.88 Å². The van der Waals surface area contributed by atoms with Gasteiger partial charge in [-0.05, 0) is 6.92 Å². The molecular weight excluding hydrogens is 180 g/mol. The molecule has 0 fully saturated rings. The highest BCUT2D eigenvalue weighted by molar-refractivity contribution is 5.32. The summed E-state index contributed by atoms with van der Waals surface area (Å²) in [5.41, 5.74) is 5.35. The number of nitrogens with zero attached hydrogens (tertiary/aromatic N) is 2. The van der Waals surface area contributed by atoms with Gasteiger partial charge in [0, 0.05) is 6.07 Å². The van der Waals surface area contributed by atoms with Crippen molar-refractivity contribution in [3.05, 3.63) is 11.9 Å². The van der Waals surface area contributed by atoms with Gasteiger partial charge in [0.05, 0.1) is 0 Å². The Labute approximate surface area is 73.8 Å². The third kappa shape index (κ3) is 3.18. The Bertz CT molecular complexity index is 273. The fraction of sp³-hybridized carbons (Fsp3) is 0.429. The molecule has 0 aliphatic carbocycles. The Morgan fingerprint density at radius 1 is 1.54 bits per heavy atom. The van der Waals surface area contributed by atoms with E-state index in [2.05, 4.69) is 14.7 Å². The van der Waals surface area contributed by atoms with Crippen LogP contribution in [0.4, 0.5) is 14.6 Å². The molecule has 72 valence electrons. The van der Waals surface area contributed by atoms with Crippen molar-refractivity contribution in [3.63, 3.8) is 0 Å². The maximum Gasteiger partial charge on any atom is 0.272 e. The van der Waals surface area contributed by atoms with E-state index < -0.39 is 13.0 Å². The van der Waals surface area contributed by atoms with Gasteiger partial charge in [0.15, 0.2) is 6.61 Å².